The Labute approximate surface area is 155 Å². The number of urea groups is 1. The monoisotopic (exact) mass is 372 g/mol. The molecule has 8 heteroatoms. The molecule has 3 saturated heterocycles. The van der Waals surface area contributed by atoms with Gasteiger partial charge in [0, 0.05) is 25.6 Å². The third-order valence-electron chi connectivity index (χ3n) is 5.57. The molecule has 0 aliphatic carbocycles. The van der Waals surface area contributed by atoms with Crippen molar-refractivity contribution in [1.29, 1.82) is 0 Å². The molecular weight excluding hydrogens is 344 g/mol. The second-order valence-electron chi connectivity index (χ2n) is 7.60. The number of hydrogen-bond acceptors (Lipinski definition) is 4. The maximum absolute atomic E-state index is 12.9. The first-order valence-electron chi connectivity index (χ1n) is 9.06. The summed E-state index contributed by atoms with van der Waals surface area (Å²) in [4.78, 5) is 40.6. The van der Waals surface area contributed by atoms with Crippen LogP contribution in [0.25, 0.3) is 0 Å². The highest BCUT2D eigenvalue weighted by atomic mass is 35.5. The topological polar surface area (TPSA) is 81.8 Å². The Morgan fingerprint density at radius 3 is 2.36 bits per heavy atom. The third kappa shape index (κ3) is 3.92. The summed E-state index contributed by atoms with van der Waals surface area (Å²) in [6.07, 6.45) is 3.03. The minimum atomic E-state index is -0.794. The van der Waals surface area contributed by atoms with Gasteiger partial charge < -0.3 is 15.5 Å². The molecule has 1 spiro atoms. The van der Waals surface area contributed by atoms with Crippen molar-refractivity contribution >= 4 is 30.3 Å². The molecule has 0 atom stereocenters. The van der Waals surface area contributed by atoms with Crippen LogP contribution in [0.5, 0.6) is 0 Å². The Hall–Kier alpha value is -1.34. The van der Waals surface area contributed by atoms with Gasteiger partial charge in [-0.3, -0.25) is 14.5 Å². The number of imide groups is 1. The molecule has 0 bridgehead atoms. The van der Waals surface area contributed by atoms with Gasteiger partial charge in [-0.25, -0.2) is 4.79 Å². The highest BCUT2D eigenvalue weighted by Crippen LogP contribution is 2.31. The highest BCUT2D eigenvalue weighted by Gasteiger charge is 2.52. The van der Waals surface area contributed by atoms with Crippen molar-refractivity contribution in [3.05, 3.63) is 0 Å². The van der Waals surface area contributed by atoms with E-state index in [0.29, 0.717) is 38.4 Å². The first-order chi connectivity index (χ1) is 11.4. The summed E-state index contributed by atoms with van der Waals surface area (Å²) in [5.41, 5.74) is -0.794. The van der Waals surface area contributed by atoms with E-state index in [1.54, 1.807) is 0 Å². The Morgan fingerprint density at radius 2 is 1.80 bits per heavy atom. The van der Waals surface area contributed by atoms with E-state index < -0.39 is 5.54 Å². The summed E-state index contributed by atoms with van der Waals surface area (Å²) in [6.45, 7) is 7.25. The molecule has 3 aliphatic heterocycles. The van der Waals surface area contributed by atoms with Crippen molar-refractivity contribution in [3.8, 4) is 0 Å². The van der Waals surface area contributed by atoms with Gasteiger partial charge in [0.25, 0.3) is 5.91 Å². The normalized spacial score (nSPS) is 23.8. The lowest BCUT2D eigenvalue weighted by Crippen LogP contribution is -2.56. The van der Waals surface area contributed by atoms with Gasteiger partial charge in [0.2, 0.25) is 5.91 Å². The van der Waals surface area contributed by atoms with E-state index in [9.17, 15) is 14.4 Å². The Morgan fingerprint density at radius 1 is 1.20 bits per heavy atom. The van der Waals surface area contributed by atoms with E-state index in [0.717, 1.165) is 25.9 Å². The highest BCUT2D eigenvalue weighted by molar-refractivity contribution is 6.07. The zero-order valence-corrected chi connectivity index (χ0v) is 15.9. The van der Waals surface area contributed by atoms with Crippen LogP contribution in [-0.4, -0.2) is 65.9 Å². The van der Waals surface area contributed by atoms with Crippen LogP contribution in [0.15, 0.2) is 0 Å². The molecule has 25 heavy (non-hydrogen) atoms. The van der Waals surface area contributed by atoms with Gasteiger partial charge in [-0.2, -0.15) is 0 Å². The number of halogens is 1. The standard InChI is InChI=1S/C17H28N4O3.ClH/c1-12(2)14(22)20-9-5-17(6-10-20)15(23)21(16(24)19-17)11-13-3-7-18-8-4-13;/h12-13,18H,3-11H2,1-2H3,(H,19,24);1H. The largest absolute Gasteiger partial charge is 0.342 e. The van der Waals surface area contributed by atoms with E-state index in [2.05, 4.69) is 10.6 Å². The van der Waals surface area contributed by atoms with Gasteiger partial charge in [-0.15, -0.1) is 12.4 Å². The van der Waals surface area contributed by atoms with E-state index in [1.807, 2.05) is 18.7 Å². The van der Waals surface area contributed by atoms with Crippen LogP contribution >= 0.6 is 12.4 Å². The molecule has 0 radical (unpaired) electrons. The second kappa shape index (κ2) is 7.91. The molecule has 0 saturated carbocycles. The molecule has 0 aromatic carbocycles. The smallest absolute Gasteiger partial charge is 0.325 e. The number of rotatable bonds is 3. The predicted octanol–water partition coefficient (Wildman–Crippen LogP) is 0.977. The molecular formula is C17H29ClN4O3. The number of likely N-dealkylation sites (tertiary alicyclic amines) is 1. The fourth-order valence-electron chi connectivity index (χ4n) is 3.98. The second-order valence-corrected chi connectivity index (χ2v) is 7.60. The minimum absolute atomic E-state index is 0. The lowest BCUT2D eigenvalue weighted by atomic mass is 9.86. The van der Waals surface area contributed by atoms with Crippen molar-refractivity contribution in [2.75, 3.05) is 32.7 Å². The number of carbonyl (C=O) groups is 3. The molecule has 3 aliphatic rings. The molecule has 0 aromatic heterocycles. The van der Waals surface area contributed by atoms with Crippen molar-refractivity contribution in [2.24, 2.45) is 11.8 Å². The van der Waals surface area contributed by atoms with Crippen molar-refractivity contribution in [1.82, 2.24) is 20.4 Å². The predicted molar refractivity (Wildman–Crippen MR) is 96.5 cm³/mol. The molecule has 142 valence electrons. The average molecular weight is 373 g/mol. The average Bonchev–Trinajstić information content (AvgIpc) is 2.80. The number of carbonyl (C=O) groups excluding carboxylic acids is 3. The lowest BCUT2D eigenvalue weighted by molar-refractivity contribution is -0.140. The molecule has 4 amide bonds. The first-order valence-corrected chi connectivity index (χ1v) is 9.06. The summed E-state index contributed by atoms with van der Waals surface area (Å²) in [7, 11) is 0. The minimum Gasteiger partial charge on any atom is -0.342 e. The van der Waals surface area contributed by atoms with E-state index in [-0.39, 0.29) is 36.2 Å². The summed E-state index contributed by atoms with van der Waals surface area (Å²) in [5, 5.41) is 6.23. The number of piperidine rings is 2. The SMILES string of the molecule is CC(C)C(=O)N1CCC2(CC1)NC(=O)N(CC1CCNCC1)C2=O.Cl. The van der Waals surface area contributed by atoms with Gasteiger partial charge in [0.15, 0.2) is 0 Å². The first kappa shape index (κ1) is 20.0. The van der Waals surface area contributed by atoms with Crippen LogP contribution in [0.4, 0.5) is 4.79 Å². The Balaban J connectivity index is 0.00000225. The Bertz CT molecular complexity index is 526. The van der Waals surface area contributed by atoms with E-state index >= 15 is 0 Å². The van der Waals surface area contributed by atoms with Crippen LogP contribution in [-0.2, 0) is 9.59 Å². The molecule has 0 aromatic rings. The summed E-state index contributed by atoms with van der Waals surface area (Å²) < 4.78 is 0. The molecule has 2 N–H and O–H groups in total. The molecule has 3 rings (SSSR count). The number of nitrogens with zero attached hydrogens (tertiary/aromatic N) is 2. The van der Waals surface area contributed by atoms with Gasteiger partial charge in [-0.1, -0.05) is 13.8 Å². The van der Waals surface area contributed by atoms with Gasteiger partial charge in [-0.05, 0) is 44.7 Å². The van der Waals surface area contributed by atoms with Gasteiger partial charge >= 0.3 is 6.03 Å². The third-order valence-corrected chi connectivity index (χ3v) is 5.57. The van der Waals surface area contributed by atoms with Crippen molar-refractivity contribution in [2.45, 2.75) is 45.1 Å². The quantitative estimate of drug-likeness (QED) is 0.723. The van der Waals surface area contributed by atoms with Gasteiger partial charge in [0.1, 0.15) is 5.54 Å². The fraction of sp³-hybridized carbons (Fsp3) is 0.824. The summed E-state index contributed by atoms with van der Waals surface area (Å²) >= 11 is 0. The zero-order valence-electron chi connectivity index (χ0n) is 15.0. The number of hydrogen-bond donors (Lipinski definition) is 2. The molecule has 3 fully saturated rings. The zero-order chi connectivity index (χ0) is 17.3. The van der Waals surface area contributed by atoms with E-state index in [1.165, 1.54) is 4.90 Å². The van der Waals surface area contributed by atoms with Crippen LogP contribution in [0, 0.1) is 11.8 Å². The van der Waals surface area contributed by atoms with E-state index in [4.69, 9.17) is 0 Å². The summed E-state index contributed by atoms with van der Waals surface area (Å²) in [6, 6.07) is -0.262. The van der Waals surface area contributed by atoms with Gasteiger partial charge in [0.05, 0.1) is 0 Å². The number of amides is 4. The molecule has 0 unspecified atom stereocenters. The maximum atomic E-state index is 12.9. The van der Waals surface area contributed by atoms with Crippen molar-refractivity contribution < 1.29 is 14.4 Å². The Kier molecular flexibility index (Phi) is 6.32. The number of nitrogens with one attached hydrogen (secondary N) is 2. The lowest BCUT2D eigenvalue weighted by Gasteiger charge is -2.38. The van der Waals surface area contributed by atoms with Crippen LogP contribution in [0.1, 0.15) is 39.5 Å². The molecule has 3 heterocycles. The van der Waals surface area contributed by atoms with Crippen LogP contribution < -0.4 is 10.6 Å². The van der Waals surface area contributed by atoms with Crippen LogP contribution in [0.2, 0.25) is 0 Å². The van der Waals surface area contributed by atoms with Crippen molar-refractivity contribution in [3.63, 3.8) is 0 Å². The molecule has 7 nitrogen and oxygen atoms in total. The van der Waals surface area contributed by atoms with Crippen LogP contribution in [0.3, 0.4) is 0 Å². The maximum Gasteiger partial charge on any atom is 0.325 e. The summed E-state index contributed by atoms with van der Waals surface area (Å²) in [5.74, 6) is 0.374. The fourth-order valence-corrected chi connectivity index (χ4v) is 3.98.